The highest BCUT2D eigenvalue weighted by molar-refractivity contribution is 9.10. The van der Waals surface area contributed by atoms with Crippen molar-refractivity contribution in [2.45, 2.75) is 18.2 Å². The van der Waals surface area contributed by atoms with Crippen LogP contribution in [0, 0.1) is 0 Å². The zero-order chi connectivity index (χ0) is 14.3. The van der Waals surface area contributed by atoms with Crippen molar-refractivity contribution in [1.29, 1.82) is 0 Å². The molecule has 0 saturated heterocycles. The highest BCUT2D eigenvalue weighted by Crippen LogP contribution is 2.22. The van der Waals surface area contributed by atoms with Gasteiger partial charge in [-0.25, -0.2) is 0 Å². The second kappa shape index (κ2) is 8.22. The minimum Gasteiger partial charge on any atom is -0.481 e. The molecule has 0 atom stereocenters. The standard InChI is InChI=1S/C13H16BrNO3S/c1-2-15(7-6-13(17)18)12(16)9-19-11-5-3-4-10(14)8-11/h3-5,8H,2,6-7,9H2,1H3,(H,17,18). The Kier molecular flexibility index (Phi) is 6.94. The SMILES string of the molecule is CCN(CCC(=O)O)C(=O)CSc1cccc(Br)c1. The number of nitrogens with zero attached hydrogens (tertiary/aromatic N) is 1. The number of aliphatic carboxylic acids is 1. The number of halogens is 1. The average molecular weight is 346 g/mol. The number of thioether (sulfide) groups is 1. The van der Waals surface area contributed by atoms with Crippen molar-refractivity contribution in [2.24, 2.45) is 0 Å². The summed E-state index contributed by atoms with van der Waals surface area (Å²) in [7, 11) is 0. The van der Waals surface area contributed by atoms with Crippen LogP contribution < -0.4 is 0 Å². The maximum Gasteiger partial charge on any atom is 0.305 e. The van der Waals surface area contributed by atoms with Gasteiger partial charge in [0.25, 0.3) is 0 Å². The molecule has 0 aliphatic carbocycles. The summed E-state index contributed by atoms with van der Waals surface area (Å²) in [5.74, 6) is -0.594. The van der Waals surface area contributed by atoms with E-state index in [2.05, 4.69) is 15.9 Å². The normalized spacial score (nSPS) is 10.2. The molecule has 1 amide bonds. The third-order valence-electron chi connectivity index (χ3n) is 2.49. The van der Waals surface area contributed by atoms with Crippen LogP contribution in [-0.4, -0.2) is 40.7 Å². The van der Waals surface area contributed by atoms with Gasteiger partial charge < -0.3 is 10.0 Å². The van der Waals surface area contributed by atoms with Gasteiger partial charge in [0.2, 0.25) is 5.91 Å². The molecule has 0 bridgehead atoms. The average Bonchev–Trinajstić information content (AvgIpc) is 2.37. The molecular weight excluding hydrogens is 330 g/mol. The van der Waals surface area contributed by atoms with E-state index < -0.39 is 5.97 Å². The lowest BCUT2D eigenvalue weighted by Crippen LogP contribution is -2.34. The Bertz CT molecular complexity index is 453. The van der Waals surface area contributed by atoms with E-state index in [0.29, 0.717) is 12.3 Å². The van der Waals surface area contributed by atoms with Crippen LogP contribution in [-0.2, 0) is 9.59 Å². The number of carboxylic acids is 1. The van der Waals surface area contributed by atoms with Gasteiger partial charge in [-0.3, -0.25) is 9.59 Å². The van der Waals surface area contributed by atoms with Crippen LogP contribution in [0.5, 0.6) is 0 Å². The number of hydrogen-bond acceptors (Lipinski definition) is 3. The predicted octanol–water partition coefficient (Wildman–Crippen LogP) is 2.86. The van der Waals surface area contributed by atoms with Crippen LogP contribution in [0.3, 0.4) is 0 Å². The number of amides is 1. The Morgan fingerprint density at radius 3 is 2.74 bits per heavy atom. The van der Waals surface area contributed by atoms with Crippen LogP contribution in [0.2, 0.25) is 0 Å². The zero-order valence-corrected chi connectivity index (χ0v) is 13.0. The van der Waals surface area contributed by atoms with Crippen molar-refractivity contribution in [1.82, 2.24) is 4.90 Å². The Hall–Kier alpha value is -1.01. The predicted molar refractivity (Wildman–Crippen MR) is 79.4 cm³/mol. The van der Waals surface area contributed by atoms with E-state index >= 15 is 0 Å². The first-order chi connectivity index (χ1) is 9.02. The number of benzene rings is 1. The van der Waals surface area contributed by atoms with Crippen LogP contribution in [0.15, 0.2) is 33.6 Å². The third kappa shape index (κ3) is 6.11. The van der Waals surface area contributed by atoms with Crippen molar-refractivity contribution in [3.63, 3.8) is 0 Å². The molecule has 1 aromatic carbocycles. The molecule has 0 unspecified atom stereocenters. The molecule has 104 valence electrons. The summed E-state index contributed by atoms with van der Waals surface area (Å²) in [5.41, 5.74) is 0. The molecule has 0 aliphatic rings. The van der Waals surface area contributed by atoms with Gasteiger partial charge in [-0.15, -0.1) is 11.8 Å². The quantitative estimate of drug-likeness (QED) is 0.772. The molecule has 4 nitrogen and oxygen atoms in total. The van der Waals surface area contributed by atoms with Crippen LogP contribution in [0.25, 0.3) is 0 Å². The van der Waals surface area contributed by atoms with E-state index in [1.807, 2.05) is 31.2 Å². The summed E-state index contributed by atoms with van der Waals surface area (Å²) in [6.45, 7) is 2.65. The molecule has 1 aromatic rings. The van der Waals surface area contributed by atoms with E-state index in [-0.39, 0.29) is 18.9 Å². The molecule has 0 fully saturated rings. The molecule has 0 heterocycles. The fraction of sp³-hybridized carbons (Fsp3) is 0.385. The molecule has 0 spiro atoms. The minimum absolute atomic E-state index is 0.0128. The van der Waals surface area contributed by atoms with Crippen molar-refractivity contribution >= 4 is 39.6 Å². The first kappa shape index (κ1) is 16.0. The topological polar surface area (TPSA) is 57.6 Å². The number of carboxylic acid groups (broad SMARTS) is 1. The van der Waals surface area contributed by atoms with Crippen molar-refractivity contribution < 1.29 is 14.7 Å². The first-order valence-corrected chi connectivity index (χ1v) is 7.68. The van der Waals surface area contributed by atoms with Gasteiger partial charge in [-0.2, -0.15) is 0 Å². The Morgan fingerprint density at radius 2 is 2.16 bits per heavy atom. The smallest absolute Gasteiger partial charge is 0.305 e. The van der Waals surface area contributed by atoms with Gasteiger partial charge in [0, 0.05) is 22.5 Å². The minimum atomic E-state index is -0.883. The van der Waals surface area contributed by atoms with Crippen LogP contribution in [0.1, 0.15) is 13.3 Å². The Balaban J connectivity index is 2.46. The van der Waals surface area contributed by atoms with Crippen molar-refractivity contribution in [3.8, 4) is 0 Å². The lowest BCUT2D eigenvalue weighted by Gasteiger charge is -2.19. The number of hydrogen-bond donors (Lipinski definition) is 1. The van der Waals surface area contributed by atoms with Gasteiger partial charge in [0.05, 0.1) is 12.2 Å². The van der Waals surface area contributed by atoms with E-state index in [4.69, 9.17) is 5.11 Å². The Labute approximate surface area is 125 Å². The molecule has 0 aliphatic heterocycles. The van der Waals surface area contributed by atoms with E-state index in [0.717, 1.165) is 9.37 Å². The molecule has 1 rings (SSSR count). The lowest BCUT2D eigenvalue weighted by atomic mass is 10.4. The van der Waals surface area contributed by atoms with Gasteiger partial charge in [-0.1, -0.05) is 22.0 Å². The van der Waals surface area contributed by atoms with Gasteiger partial charge in [0.15, 0.2) is 0 Å². The molecule has 6 heteroatoms. The van der Waals surface area contributed by atoms with E-state index in [9.17, 15) is 9.59 Å². The summed E-state index contributed by atoms with van der Waals surface area (Å²) < 4.78 is 0.975. The molecule has 19 heavy (non-hydrogen) atoms. The largest absolute Gasteiger partial charge is 0.481 e. The van der Waals surface area contributed by atoms with Crippen molar-refractivity contribution in [3.05, 3.63) is 28.7 Å². The maximum absolute atomic E-state index is 11.9. The summed E-state index contributed by atoms with van der Waals surface area (Å²) in [4.78, 5) is 25.0. The van der Waals surface area contributed by atoms with Gasteiger partial charge in [-0.05, 0) is 25.1 Å². The fourth-order valence-electron chi connectivity index (χ4n) is 1.48. The van der Waals surface area contributed by atoms with E-state index in [1.165, 1.54) is 11.8 Å². The molecule has 0 radical (unpaired) electrons. The fourth-order valence-corrected chi connectivity index (χ4v) is 2.89. The summed E-state index contributed by atoms with van der Waals surface area (Å²) >= 11 is 4.83. The van der Waals surface area contributed by atoms with Crippen molar-refractivity contribution in [2.75, 3.05) is 18.8 Å². The first-order valence-electron chi connectivity index (χ1n) is 5.91. The van der Waals surface area contributed by atoms with Gasteiger partial charge >= 0.3 is 5.97 Å². The maximum atomic E-state index is 11.9. The number of carbonyl (C=O) groups is 2. The summed E-state index contributed by atoms with van der Waals surface area (Å²) in [6, 6.07) is 7.73. The van der Waals surface area contributed by atoms with Gasteiger partial charge in [0.1, 0.15) is 0 Å². The third-order valence-corrected chi connectivity index (χ3v) is 3.96. The number of carbonyl (C=O) groups excluding carboxylic acids is 1. The van der Waals surface area contributed by atoms with Crippen LogP contribution in [0.4, 0.5) is 0 Å². The molecule has 0 saturated carbocycles. The molecule has 1 N–H and O–H groups in total. The second-order valence-electron chi connectivity index (χ2n) is 3.86. The van der Waals surface area contributed by atoms with E-state index in [1.54, 1.807) is 4.90 Å². The highest BCUT2D eigenvalue weighted by Gasteiger charge is 2.13. The zero-order valence-electron chi connectivity index (χ0n) is 10.6. The Morgan fingerprint density at radius 1 is 1.42 bits per heavy atom. The highest BCUT2D eigenvalue weighted by atomic mass is 79.9. The molecule has 0 aromatic heterocycles. The summed E-state index contributed by atoms with van der Waals surface area (Å²) in [5, 5.41) is 8.63. The summed E-state index contributed by atoms with van der Waals surface area (Å²) in [6.07, 6.45) is -0.0128. The molecular formula is C13H16BrNO3S. The lowest BCUT2D eigenvalue weighted by molar-refractivity contribution is -0.138. The number of rotatable bonds is 7. The van der Waals surface area contributed by atoms with Crippen LogP contribution >= 0.6 is 27.7 Å². The second-order valence-corrected chi connectivity index (χ2v) is 5.83. The monoisotopic (exact) mass is 345 g/mol.